The molecule has 1 saturated heterocycles. The lowest BCUT2D eigenvalue weighted by atomic mass is 10.1. The van der Waals surface area contributed by atoms with E-state index in [1.165, 1.54) is 0 Å². The standard InChI is InChI=1S/C12H24O4S2/c1-5-17-11(18-6-2)10(14)9(13)8-7-15-12(3,4)16-8/h8-11,13-14H,5-7H2,1-4H3/t8-,9-,10+/m0/s1. The van der Waals surface area contributed by atoms with Crippen LogP contribution in [0.3, 0.4) is 0 Å². The topological polar surface area (TPSA) is 58.9 Å². The first-order valence-electron chi connectivity index (χ1n) is 6.32. The van der Waals surface area contributed by atoms with Gasteiger partial charge in [-0.05, 0) is 25.4 Å². The molecule has 0 radical (unpaired) electrons. The molecule has 2 N–H and O–H groups in total. The zero-order chi connectivity index (χ0) is 13.8. The maximum absolute atomic E-state index is 10.2. The van der Waals surface area contributed by atoms with Gasteiger partial charge in [0.1, 0.15) is 18.3 Å². The van der Waals surface area contributed by atoms with E-state index in [2.05, 4.69) is 0 Å². The monoisotopic (exact) mass is 296 g/mol. The zero-order valence-corrected chi connectivity index (χ0v) is 13.1. The summed E-state index contributed by atoms with van der Waals surface area (Å²) in [5, 5.41) is 20.4. The molecule has 18 heavy (non-hydrogen) atoms. The Hall–Kier alpha value is 0.540. The third-order valence-corrected chi connectivity index (χ3v) is 5.40. The highest BCUT2D eigenvalue weighted by Gasteiger charge is 2.41. The van der Waals surface area contributed by atoms with Gasteiger partial charge >= 0.3 is 0 Å². The van der Waals surface area contributed by atoms with Crippen LogP contribution in [0.1, 0.15) is 27.7 Å². The maximum atomic E-state index is 10.2. The number of thioether (sulfide) groups is 2. The van der Waals surface area contributed by atoms with Crippen molar-refractivity contribution in [2.75, 3.05) is 18.1 Å². The molecule has 0 saturated carbocycles. The Balaban J connectivity index is 2.55. The SMILES string of the molecule is CCSC(SCC)[C@H](O)[C@@H](O)[C@@H]1COC(C)(C)O1. The second-order valence-electron chi connectivity index (χ2n) is 4.63. The number of aliphatic hydroxyl groups is 2. The van der Waals surface area contributed by atoms with Gasteiger partial charge in [0, 0.05) is 0 Å². The van der Waals surface area contributed by atoms with Gasteiger partial charge in [-0.3, -0.25) is 0 Å². The summed E-state index contributed by atoms with van der Waals surface area (Å²) in [5.74, 6) is 1.15. The Morgan fingerprint density at radius 3 is 2.17 bits per heavy atom. The maximum Gasteiger partial charge on any atom is 0.163 e. The van der Waals surface area contributed by atoms with Gasteiger partial charge in [0.15, 0.2) is 5.79 Å². The molecule has 0 aliphatic carbocycles. The van der Waals surface area contributed by atoms with E-state index in [9.17, 15) is 10.2 Å². The van der Waals surface area contributed by atoms with Gasteiger partial charge in [-0.15, -0.1) is 23.5 Å². The van der Waals surface area contributed by atoms with Crippen molar-refractivity contribution in [3.63, 3.8) is 0 Å². The fourth-order valence-electron chi connectivity index (χ4n) is 1.84. The molecule has 0 aromatic rings. The van der Waals surface area contributed by atoms with E-state index in [-0.39, 0.29) is 4.58 Å². The molecule has 1 aliphatic heterocycles. The summed E-state index contributed by atoms with van der Waals surface area (Å²) in [5.41, 5.74) is 0. The van der Waals surface area contributed by atoms with Crippen LogP contribution in [0.4, 0.5) is 0 Å². The summed E-state index contributed by atoms with van der Waals surface area (Å²) in [6.07, 6.45) is -2.16. The van der Waals surface area contributed by atoms with Gasteiger partial charge in [-0.1, -0.05) is 13.8 Å². The molecule has 0 aromatic heterocycles. The largest absolute Gasteiger partial charge is 0.388 e. The van der Waals surface area contributed by atoms with Gasteiger partial charge < -0.3 is 19.7 Å². The van der Waals surface area contributed by atoms with E-state index < -0.39 is 24.1 Å². The Morgan fingerprint density at radius 2 is 1.78 bits per heavy atom. The molecule has 1 aliphatic rings. The van der Waals surface area contributed by atoms with E-state index in [1.807, 2.05) is 27.7 Å². The highest BCUT2D eigenvalue weighted by molar-refractivity contribution is 8.17. The van der Waals surface area contributed by atoms with Crippen molar-refractivity contribution in [2.24, 2.45) is 0 Å². The minimum absolute atomic E-state index is 0.0256. The summed E-state index contributed by atoms with van der Waals surface area (Å²) in [7, 11) is 0. The van der Waals surface area contributed by atoms with Crippen molar-refractivity contribution in [1.82, 2.24) is 0 Å². The van der Waals surface area contributed by atoms with Crippen LogP contribution in [0, 0.1) is 0 Å². The fourth-order valence-corrected chi connectivity index (χ4v) is 4.41. The first-order valence-corrected chi connectivity index (χ1v) is 8.42. The number of ether oxygens (including phenoxy) is 2. The zero-order valence-electron chi connectivity index (χ0n) is 11.5. The molecular weight excluding hydrogens is 272 g/mol. The van der Waals surface area contributed by atoms with Crippen LogP contribution in [0.15, 0.2) is 0 Å². The third-order valence-electron chi connectivity index (χ3n) is 2.70. The molecule has 4 nitrogen and oxygen atoms in total. The second kappa shape index (κ2) is 7.36. The summed E-state index contributed by atoms with van der Waals surface area (Å²) < 4.78 is 11.0. The van der Waals surface area contributed by atoms with Crippen molar-refractivity contribution in [2.45, 2.75) is 56.4 Å². The van der Waals surface area contributed by atoms with Crippen LogP contribution in [-0.4, -0.2) is 57.0 Å². The minimum atomic E-state index is -0.908. The molecule has 1 rings (SSSR count). The highest BCUT2D eigenvalue weighted by Crippen LogP contribution is 2.32. The van der Waals surface area contributed by atoms with Crippen molar-refractivity contribution < 1.29 is 19.7 Å². The van der Waals surface area contributed by atoms with Gasteiger partial charge in [0.25, 0.3) is 0 Å². The normalized spacial score (nSPS) is 26.5. The number of hydrogen-bond donors (Lipinski definition) is 2. The fraction of sp³-hybridized carbons (Fsp3) is 1.00. The number of aliphatic hydroxyl groups excluding tert-OH is 2. The average Bonchev–Trinajstić information content (AvgIpc) is 2.67. The van der Waals surface area contributed by atoms with Crippen LogP contribution in [0.25, 0.3) is 0 Å². The minimum Gasteiger partial charge on any atom is -0.388 e. The van der Waals surface area contributed by atoms with Crippen molar-refractivity contribution in [1.29, 1.82) is 0 Å². The Kier molecular flexibility index (Phi) is 6.78. The summed E-state index contributed by atoms with van der Waals surface area (Å²) in [6, 6.07) is 0. The predicted octanol–water partition coefficient (Wildman–Crippen LogP) is 1.69. The number of rotatable bonds is 7. The van der Waals surface area contributed by atoms with Gasteiger partial charge in [0.05, 0.1) is 11.2 Å². The molecule has 0 spiro atoms. The molecule has 1 fully saturated rings. The van der Waals surface area contributed by atoms with Crippen LogP contribution in [0.5, 0.6) is 0 Å². The first-order chi connectivity index (χ1) is 8.41. The van der Waals surface area contributed by atoms with Crippen LogP contribution in [0.2, 0.25) is 0 Å². The molecule has 108 valence electrons. The van der Waals surface area contributed by atoms with Crippen LogP contribution >= 0.6 is 23.5 Å². The summed E-state index contributed by atoms with van der Waals surface area (Å²) in [4.78, 5) is 0. The lowest BCUT2D eigenvalue weighted by molar-refractivity contribution is -0.159. The smallest absolute Gasteiger partial charge is 0.163 e. The molecule has 6 heteroatoms. The van der Waals surface area contributed by atoms with Crippen molar-refractivity contribution in [3.05, 3.63) is 0 Å². The average molecular weight is 296 g/mol. The van der Waals surface area contributed by atoms with Gasteiger partial charge in [-0.2, -0.15) is 0 Å². The van der Waals surface area contributed by atoms with E-state index in [1.54, 1.807) is 23.5 Å². The molecule has 3 atom stereocenters. The molecule has 1 heterocycles. The molecule has 0 amide bonds. The lowest BCUT2D eigenvalue weighted by Gasteiger charge is -2.28. The molecule has 0 bridgehead atoms. The lowest BCUT2D eigenvalue weighted by Crippen LogP contribution is -2.44. The second-order valence-corrected chi connectivity index (χ2v) is 7.76. The Bertz CT molecular complexity index is 238. The Labute approximate surface area is 118 Å². The highest BCUT2D eigenvalue weighted by atomic mass is 32.2. The van der Waals surface area contributed by atoms with Crippen LogP contribution < -0.4 is 0 Å². The Morgan fingerprint density at radius 1 is 1.22 bits per heavy atom. The summed E-state index contributed by atoms with van der Waals surface area (Å²) in [6.45, 7) is 8.04. The van der Waals surface area contributed by atoms with E-state index in [0.717, 1.165) is 11.5 Å². The third kappa shape index (κ3) is 4.58. The van der Waals surface area contributed by atoms with E-state index in [0.29, 0.717) is 6.61 Å². The van der Waals surface area contributed by atoms with Crippen LogP contribution in [-0.2, 0) is 9.47 Å². The summed E-state index contributed by atoms with van der Waals surface area (Å²) >= 11 is 3.31. The molecule has 0 unspecified atom stereocenters. The predicted molar refractivity (Wildman–Crippen MR) is 77.0 cm³/mol. The first kappa shape index (κ1) is 16.6. The van der Waals surface area contributed by atoms with Crippen molar-refractivity contribution in [3.8, 4) is 0 Å². The van der Waals surface area contributed by atoms with Gasteiger partial charge in [-0.25, -0.2) is 0 Å². The quantitative estimate of drug-likeness (QED) is 0.697. The number of hydrogen-bond acceptors (Lipinski definition) is 6. The molecular formula is C12H24O4S2. The molecule has 0 aromatic carbocycles. The van der Waals surface area contributed by atoms with Gasteiger partial charge in [0.2, 0.25) is 0 Å². The van der Waals surface area contributed by atoms with Crippen molar-refractivity contribution >= 4 is 23.5 Å². The van der Waals surface area contributed by atoms with E-state index in [4.69, 9.17) is 9.47 Å². The van der Waals surface area contributed by atoms with E-state index >= 15 is 0 Å².